The Morgan fingerprint density at radius 1 is 1.42 bits per heavy atom. The molecule has 0 aromatic carbocycles. The highest BCUT2D eigenvalue weighted by Crippen LogP contribution is 2.44. The maximum absolute atomic E-state index is 12.0. The lowest BCUT2D eigenvalue weighted by Crippen LogP contribution is -2.32. The number of nitrogens with zero attached hydrogens (tertiary/aromatic N) is 2. The molecule has 0 spiro atoms. The van der Waals surface area contributed by atoms with E-state index in [1.807, 2.05) is 6.07 Å². The Balaban J connectivity index is 2.32. The van der Waals surface area contributed by atoms with E-state index in [0.29, 0.717) is 18.4 Å². The first-order chi connectivity index (χ1) is 8.89. The lowest BCUT2D eigenvalue weighted by molar-refractivity contribution is 0.571. The SMILES string of the molecule is CC(C)CCN(c1cnccc1C1CC1)S(C)(=O)=O. The molecule has 4 nitrogen and oxygen atoms in total. The lowest BCUT2D eigenvalue weighted by Gasteiger charge is -2.25. The molecule has 1 aromatic heterocycles. The van der Waals surface area contributed by atoms with Crippen LogP contribution in [-0.2, 0) is 10.0 Å². The van der Waals surface area contributed by atoms with E-state index >= 15 is 0 Å². The molecule has 0 atom stereocenters. The first kappa shape index (κ1) is 14.3. The topological polar surface area (TPSA) is 50.3 Å². The zero-order valence-corrected chi connectivity index (χ0v) is 12.7. The largest absolute Gasteiger partial charge is 0.269 e. The summed E-state index contributed by atoms with van der Waals surface area (Å²) in [5.41, 5.74) is 1.90. The van der Waals surface area contributed by atoms with Crippen molar-refractivity contribution in [3.8, 4) is 0 Å². The van der Waals surface area contributed by atoms with E-state index in [1.54, 1.807) is 12.4 Å². The fourth-order valence-corrected chi connectivity index (χ4v) is 3.13. The van der Waals surface area contributed by atoms with E-state index in [4.69, 9.17) is 0 Å². The van der Waals surface area contributed by atoms with Gasteiger partial charge in [0.15, 0.2) is 0 Å². The Morgan fingerprint density at radius 2 is 2.11 bits per heavy atom. The van der Waals surface area contributed by atoms with E-state index in [0.717, 1.165) is 30.5 Å². The summed E-state index contributed by atoms with van der Waals surface area (Å²) in [5.74, 6) is 0.992. The number of hydrogen-bond acceptors (Lipinski definition) is 3. The van der Waals surface area contributed by atoms with Crippen molar-refractivity contribution in [1.29, 1.82) is 0 Å². The minimum Gasteiger partial charge on any atom is -0.269 e. The molecule has 1 aliphatic rings. The van der Waals surface area contributed by atoms with Crippen molar-refractivity contribution in [3.63, 3.8) is 0 Å². The molecule has 19 heavy (non-hydrogen) atoms. The third kappa shape index (κ3) is 3.69. The molecular weight excluding hydrogens is 260 g/mol. The van der Waals surface area contributed by atoms with Crippen LogP contribution in [0, 0.1) is 5.92 Å². The van der Waals surface area contributed by atoms with Gasteiger partial charge in [0.25, 0.3) is 0 Å². The molecule has 5 heteroatoms. The second-order valence-corrected chi connectivity index (χ2v) is 7.63. The second-order valence-electron chi connectivity index (χ2n) is 5.73. The van der Waals surface area contributed by atoms with Gasteiger partial charge in [-0.05, 0) is 42.7 Å². The molecule has 0 N–H and O–H groups in total. The fourth-order valence-electron chi connectivity index (χ4n) is 2.19. The van der Waals surface area contributed by atoms with Gasteiger partial charge in [-0.2, -0.15) is 0 Å². The molecule has 1 aliphatic carbocycles. The maximum atomic E-state index is 12.0. The Bertz CT molecular complexity index is 536. The number of pyridine rings is 1. The van der Waals surface area contributed by atoms with Crippen molar-refractivity contribution in [2.75, 3.05) is 17.1 Å². The minimum atomic E-state index is -3.25. The van der Waals surface area contributed by atoms with Gasteiger partial charge in [-0.25, -0.2) is 8.42 Å². The Kier molecular flexibility index (Phi) is 4.13. The summed E-state index contributed by atoms with van der Waals surface area (Å²) in [6.45, 7) is 4.74. The van der Waals surface area contributed by atoms with Crippen molar-refractivity contribution in [1.82, 2.24) is 4.98 Å². The van der Waals surface area contributed by atoms with E-state index in [9.17, 15) is 8.42 Å². The van der Waals surface area contributed by atoms with Crippen LogP contribution in [0.3, 0.4) is 0 Å². The van der Waals surface area contributed by atoms with E-state index < -0.39 is 10.0 Å². The van der Waals surface area contributed by atoms with Gasteiger partial charge in [0.05, 0.1) is 18.1 Å². The molecule has 1 saturated carbocycles. The summed E-state index contributed by atoms with van der Waals surface area (Å²) in [6, 6.07) is 1.96. The van der Waals surface area contributed by atoms with Crippen molar-refractivity contribution in [2.45, 2.75) is 39.0 Å². The highest BCUT2D eigenvalue weighted by atomic mass is 32.2. The van der Waals surface area contributed by atoms with Gasteiger partial charge >= 0.3 is 0 Å². The van der Waals surface area contributed by atoms with Crippen LogP contribution in [0.1, 0.15) is 44.6 Å². The number of aromatic nitrogens is 1. The number of rotatable bonds is 6. The predicted octanol–water partition coefficient (Wildman–Crippen LogP) is 2.77. The van der Waals surface area contributed by atoms with Gasteiger partial charge in [-0.15, -0.1) is 0 Å². The second kappa shape index (κ2) is 5.49. The summed E-state index contributed by atoms with van der Waals surface area (Å²) in [7, 11) is -3.25. The van der Waals surface area contributed by atoms with E-state index in [-0.39, 0.29) is 0 Å². The number of anilines is 1. The van der Waals surface area contributed by atoms with Gasteiger partial charge in [0.2, 0.25) is 10.0 Å². The van der Waals surface area contributed by atoms with Gasteiger partial charge in [0.1, 0.15) is 0 Å². The number of sulfonamides is 1. The molecule has 0 aliphatic heterocycles. The molecule has 0 unspecified atom stereocenters. The predicted molar refractivity (Wildman–Crippen MR) is 77.9 cm³/mol. The zero-order chi connectivity index (χ0) is 14.0. The van der Waals surface area contributed by atoms with Crippen LogP contribution in [0.5, 0.6) is 0 Å². The molecule has 0 amide bonds. The Hall–Kier alpha value is -1.10. The third-order valence-corrected chi connectivity index (χ3v) is 4.61. The Labute approximate surface area is 115 Å². The van der Waals surface area contributed by atoms with Gasteiger partial charge in [0, 0.05) is 12.7 Å². The summed E-state index contributed by atoms with van der Waals surface area (Å²) in [5, 5.41) is 0. The third-order valence-electron chi connectivity index (χ3n) is 3.43. The first-order valence-electron chi connectivity index (χ1n) is 6.81. The zero-order valence-electron chi connectivity index (χ0n) is 11.8. The molecule has 1 fully saturated rings. The lowest BCUT2D eigenvalue weighted by atomic mass is 10.1. The highest BCUT2D eigenvalue weighted by molar-refractivity contribution is 7.92. The molecular formula is C14H22N2O2S. The van der Waals surface area contributed by atoms with Crippen LogP contribution in [-0.4, -0.2) is 26.2 Å². The average molecular weight is 282 g/mol. The van der Waals surface area contributed by atoms with E-state index in [1.165, 1.54) is 10.6 Å². The first-order valence-corrected chi connectivity index (χ1v) is 8.66. The van der Waals surface area contributed by atoms with Crippen molar-refractivity contribution >= 4 is 15.7 Å². The van der Waals surface area contributed by atoms with Crippen LogP contribution in [0.15, 0.2) is 18.5 Å². The monoisotopic (exact) mass is 282 g/mol. The van der Waals surface area contributed by atoms with Crippen molar-refractivity contribution < 1.29 is 8.42 Å². The van der Waals surface area contributed by atoms with Crippen molar-refractivity contribution in [2.24, 2.45) is 5.92 Å². The van der Waals surface area contributed by atoms with Gasteiger partial charge in [-0.1, -0.05) is 13.8 Å². The quantitative estimate of drug-likeness (QED) is 0.806. The Morgan fingerprint density at radius 3 is 2.63 bits per heavy atom. The normalized spacial score (nSPS) is 15.8. The molecule has 1 heterocycles. The van der Waals surface area contributed by atoms with Crippen LogP contribution in [0.2, 0.25) is 0 Å². The van der Waals surface area contributed by atoms with Crippen LogP contribution in [0.25, 0.3) is 0 Å². The fraction of sp³-hybridized carbons (Fsp3) is 0.643. The molecule has 1 aromatic rings. The number of hydrogen-bond donors (Lipinski definition) is 0. The summed E-state index contributed by atoms with van der Waals surface area (Å²) in [4.78, 5) is 4.11. The summed E-state index contributed by atoms with van der Waals surface area (Å²) < 4.78 is 25.6. The van der Waals surface area contributed by atoms with Crippen LogP contribution >= 0.6 is 0 Å². The van der Waals surface area contributed by atoms with E-state index in [2.05, 4.69) is 18.8 Å². The highest BCUT2D eigenvalue weighted by Gasteiger charge is 2.30. The molecule has 0 saturated heterocycles. The van der Waals surface area contributed by atoms with Gasteiger partial charge in [-0.3, -0.25) is 9.29 Å². The molecule has 0 bridgehead atoms. The van der Waals surface area contributed by atoms with Gasteiger partial charge < -0.3 is 0 Å². The molecule has 106 valence electrons. The minimum absolute atomic E-state index is 0.477. The molecule has 0 radical (unpaired) electrons. The maximum Gasteiger partial charge on any atom is 0.232 e. The van der Waals surface area contributed by atoms with Crippen LogP contribution in [0.4, 0.5) is 5.69 Å². The molecule has 2 rings (SSSR count). The summed E-state index contributed by atoms with van der Waals surface area (Å²) >= 11 is 0. The van der Waals surface area contributed by atoms with Crippen molar-refractivity contribution in [3.05, 3.63) is 24.0 Å². The van der Waals surface area contributed by atoms with Crippen LogP contribution < -0.4 is 4.31 Å². The smallest absolute Gasteiger partial charge is 0.232 e. The standard InChI is InChI=1S/C14H22N2O2S/c1-11(2)7-9-16(19(3,17)18)14-10-15-8-6-13(14)12-4-5-12/h6,8,10-12H,4-5,7,9H2,1-3H3. The summed E-state index contributed by atoms with van der Waals surface area (Å²) in [6.07, 6.45) is 7.87. The average Bonchev–Trinajstić information content (AvgIpc) is 3.11.